The van der Waals surface area contributed by atoms with Gasteiger partial charge in [0.1, 0.15) is 4.47 Å². The molecule has 1 saturated carbocycles. The molecule has 0 spiro atoms. The summed E-state index contributed by atoms with van der Waals surface area (Å²) < 4.78 is 2.38. The van der Waals surface area contributed by atoms with Crippen molar-refractivity contribution in [3.8, 4) is 0 Å². The smallest absolute Gasteiger partial charge is 0.225 e. The van der Waals surface area contributed by atoms with Gasteiger partial charge in [0.15, 0.2) is 11.5 Å². The summed E-state index contributed by atoms with van der Waals surface area (Å²) in [6, 6.07) is 1.80. The quantitative estimate of drug-likeness (QED) is 0.930. The highest BCUT2D eigenvalue weighted by Crippen LogP contribution is 2.29. The van der Waals surface area contributed by atoms with E-state index < -0.39 is 0 Å². The molecule has 1 amide bonds. The minimum Gasteiger partial charge on any atom is -0.308 e. The summed E-state index contributed by atoms with van der Waals surface area (Å²) in [5, 5.41) is 7.17. The van der Waals surface area contributed by atoms with Crippen LogP contribution in [0.4, 0.5) is 5.82 Å². The van der Waals surface area contributed by atoms with Crippen LogP contribution in [0.2, 0.25) is 0 Å². The van der Waals surface area contributed by atoms with Crippen LogP contribution in [0.3, 0.4) is 0 Å². The Morgan fingerprint density at radius 3 is 3.00 bits per heavy atom. The summed E-state index contributed by atoms with van der Waals surface area (Å²) in [7, 11) is 0. The molecule has 0 aliphatic heterocycles. The highest BCUT2D eigenvalue weighted by atomic mass is 79.9. The molecule has 20 heavy (non-hydrogen) atoms. The lowest BCUT2D eigenvalue weighted by molar-refractivity contribution is -0.116. The number of hydrogen-bond acceptors (Lipinski definition) is 3. The summed E-state index contributed by atoms with van der Waals surface area (Å²) in [6.45, 7) is 0. The Bertz CT molecular complexity index is 619. The third-order valence-electron chi connectivity index (χ3n) is 3.85. The average molecular weight is 337 g/mol. The van der Waals surface area contributed by atoms with E-state index in [1.807, 2.05) is 0 Å². The molecule has 1 N–H and O–H groups in total. The fourth-order valence-electron chi connectivity index (χ4n) is 2.77. The summed E-state index contributed by atoms with van der Waals surface area (Å²) >= 11 is 3.44. The van der Waals surface area contributed by atoms with Crippen molar-refractivity contribution >= 4 is 33.3 Å². The fraction of sp³-hybridized carbons (Fsp3) is 0.500. The van der Waals surface area contributed by atoms with Gasteiger partial charge >= 0.3 is 0 Å². The Kier molecular flexibility index (Phi) is 4.00. The van der Waals surface area contributed by atoms with Crippen LogP contribution in [0, 0.1) is 5.92 Å². The largest absolute Gasteiger partial charge is 0.308 e. The van der Waals surface area contributed by atoms with Gasteiger partial charge in [-0.05, 0) is 34.3 Å². The maximum atomic E-state index is 12.0. The Hall–Kier alpha value is -1.43. The summed E-state index contributed by atoms with van der Waals surface area (Å²) in [5.41, 5.74) is 0.707. The van der Waals surface area contributed by atoms with Gasteiger partial charge in [-0.25, -0.2) is 9.50 Å². The predicted molar refractivity (Wildman–Crippen MR) is 80.5 cm³/mol. The molecule has 6 heteroatoms. The molecule has 1 fully saturated rings. The van der Waals surface area contributed by atoms with Gasteiger partial charge in [-0.15, -0.1) is 5.10 Å². The van der Waals surface area contributed by atoms with Gasteiger partial charge in [-0.2, -0.15) is 0 Å². The Morgan fingerprint density at radius 2 is 2.25 bits per heavy atom. The highest BCUT2D eigenvalue weighted by Gasteiger charge is 2.18. The number of halogens is 1. The minimum absolute atomic E-state index is 0.0287. The Balaban J connectivity index is 1.63. The number of carbonyl (C=O) groups excluding carboxylic acids is 1. The summed E-state index contributed by atoms with van der Waals surface area (Å²) in [6.07, 6.45) is 10.2. The molecule has 0 radical (unpaired) electrons. The first-order valence-corrected chi connectivity index (χ1v) is 7.82. The van der Waals surface area contributed by atoms with Crippen molar-refractivity contribution in [2.75, 3.05) is 5.32 Å². The van der Waals surface area contributed by atoms with Gasteiger partial charge < -0.3 is 5.32 Å². The molecule has 0 atom stereocenters. The van der Waals surface area contributed by atoms with Gasteiger partial charge in [0.25, 0.3) is 0 Å². The van der Waals surface area contributed by atoms with Gasteiger partial charge in [-0.1, -0.05) is 25.7 Å². The van der Waals surface area contributed by atoms with Crippen LogP contribution in [-0.4, -0.2) is 20.5 Å². The molecule has 1 aliphatic carbocycles. The zero-order chi connectivity index (χ0) is 13.9. The van der Waals surface area contributed by atoms with Crippen molar-refractivity contribution < 1.29 is 4.79 Å². The topological polar surface area (TPSA) is 59.3 Å². The monoisotopic (exact) mass is 336 g/mol. The third-order valence-corrected chi connectivity index (χ3v) is 4.58. The lowest BCUT2D eigenvalue weighted by atomic mass is 10.0. The van der Waals surface area contributed by atoms with E-state index in [-0.39, 0.29) is 5.91 Å². The molecule has 0 bridgehead atoms. The lowest BCUT2D eigenvalue weighted by Gasteiger charge is -2.07. The van der Waals surface area contributed by atoms with Crippen molar-refractivity contribution in [1.29, 1.82) is 0 Å². The van der Waals surface area contributed by atoms with Gasteiger partial charge in [0.05, 0.1) is 0 Å². The van der Waals surface area contributed by atoms with Crippen molar-refractivity contribution in [1.82, 2.24) is 14.6 Å². The summed E-state index contributed by atoms with van der Waals surface area (Å²) in [5.74, 6) is 1.30. The summed E-state index contributed by atoms with van der Waals surface area (Å²) in [4.78, 5) is 16.2. The molecule has 0 aromatic carbocycles. The molecule has 1 aliphatic rings. The maximum absolute atomic E-state index is 12.0. The van der Waals surface area contributed by atoms with Crippen LogP contribution in [-0.2, 0) is 4.79 Å². The second-order valence-electron chi connectivity index (χ2n) is 5.29. The molecule has 2 aromatic heterocycles. The van der Waals surface area contributed by atoms with Crippen molar-refractivity contribution in [2.24, 2.45) is 5.92 Å². The van der Waals surface area contributed by atoms with Crippen LogP contribution >= 0.6 is 15.9 Å². The van der Waals surface area contributed by atoms with Gasteiger partial charge in [-0.3, -0.25) is 4.79 Å². The van der Waals surface area contributed by atoms with Crippen molar-refractivity contribution in [2.45, 2.75) is 38.5 Å². The van der Waals surface area contributed by atoms with Gasteiger partial charge in [0.2, 0.25) is 5.91 Å². The number of rotatable bonds is 4. The molecular formula is C14H17BrN4O. The van der Waals surface area contributed by atoms with E-state index in [1.165, 1.54) is 25.7 Å². The zero-order valence-electron chi connectivity index (χ0n) is 11.2. The van der Waals surface area contributed by atoms with Crippen LogP contribution in [0.25, 0.3) is 5.65 Å². The molecule has 5 nitrogen and oxygen atoms in total. The number of carbonyl (C=O) groups is 1. The van der Waals surface area contributed by atoms with E-state index in [1.54, 1.807) is 23.0 Å². The number of hydrogen-bond donors (Lipinski definition) is 1. The van der Waals surface area contributed by atoms with E-state index in [9.17, 15) is 4.79 Å². The average Bonchev–Trinajstić information content (AvgIpc) is 3.07. The van der Waals surface area contributed by atoms with Crippen LogP contribution in [0.15, 0.2) is 22.9 Å². The van der Waals surface area contributed by atoms with Crippen molar-refractivity contribution in [3.05, 3.63) is 22.9 Å². The lowest BCUT2D eigenvalue weighted by Crippen LogP contribution is -2.13. The molecule has 2 aromatic rings. The van der Waals surface area contributed by atoms with E-state index in [2.05, 4.69) is 31.3 Å². The van der Waals surface area contributed by atoms with Crippen LogP contribution in [0.5, 0.6) is 0 Å². The molecule has 3 rings (SSSR count). The third kappa shape index (κ3) is 2.85. The molecule has 0 unspecified atom stereocenters. The number of fused-ring (bicyclic) bond motifs is 1. The minimum atomic E-state index is 0.0287. The normalized spacial score (nSPS) is 15.8. The second kappa shape index (κ2) is 5.91. The SMILES string of the molecule is O=C(CCC1CCCC1)Nc1nn2cccnc2c1Br. The Morgan fingerprint density at radius 1 is 1.45 bits per heavy atom. The highest BCUT2D eigenvalue weighted by molar-refractivity contribution is 9.10. The molecule has 106 valence electrons. The van der Waals surface area contributed by atoms with E-state index in [0.29, 0.717) is 17.9 Å². The molecular weight excluding hydrogens is 320 g/mol. The maximum Gasteiger partial charge on any atom is 0.225 e. The van der Waals surface area contributed by atoms with E-state index in [0.717, 1.165) is 16.8 Å². The number of anilines is 1. The number of aromatic nitrogens is 3. The van der Waals surface area contributed by atoms with E-state index in [4.69, 9.17) is 0 Å². The Labute approximate surface area is 125 Å². The molecule has 0 saturated heterocycles. The second-order valence-corrected chi connectivity index (χ2v) is 6.08. The van der Waals surface area contributed by atoms with Gasteiger partial charge in [0, 0.05) is 18.8 Å². The molecule has 2 heterocycles. The first-order valence-electron chi connectivity index (χ1n) is 7.03. The number of amides is 1. The number of nitrogens with one attached hydrogen (secondary N) is 1. The predicted octanol–water partition coefficient (Wildman–Crippen LogP) is 3.40. The number of nitrogens with zero attached hydrogens (tertiary/aromatic N) is 3. The van der Waals surface area contributed by atoms with E-state index >= 15 is 0 Å². The first-order chi connectivity index (χ1) is 9.74. The van der Waals surface area contributed by atoms with Crippen molar-refractivity contribution in [3.63, 3.8) is 0 Å². The van der Waals surface area contributed by atoms with Crippen LogP contribution in [0.1, 0.15) is 38.5 Å². The van der Waals surface area contributed by atoms with Crippen LogP contribution < -0.4 is 5.32 Å². The first kappa shape index (κ1) is 13.5. The standard InChI is InChI=1S/C14H17BrN4O/c15-12-13(18-19-9-3-8-16-14(12)19)17-11(20)7-6-10-4-1-2-5-10/h3,8-10H,1-2,4-7H2,(H,17,18,20). The fourth-order valence-corrected chi connectivity index (χ4v) is 3.23. The zero-order valence-corrected chi connectivity index (χ0v) is 12.8.